The van der Waals surface area contributed by atoms with Crippen LogP contribution in [0.5, 0.6) is 0 Å². The van der Waals surface area contributed by atoms with Crippen LogP contribution >= 0.6 is 0 Å². The molecule has 1 aromatic heterocycles. The third-order valence-corrected chi connectivity index (χ3v) is 4.72. The smallest absolute Gasteiger partial charge is 0.278 e. The van der Waals surface area contributed by atoms with Crippen molar-refractivity contribution in [3.05, 3.63) is 40.7 Å². The van der Waals surface area contributed by atoms with E-state index in [-0.39, 0.29) is 10.6 Å². The first kappa shape index (κ1) is 15.7. The van der Waals surface area contributed by atoms with Gasteiger partial charge < -0.3 is 10.2 Å². The molecule has 0 amide bonds. The molecule has 0 bridgehead atoms. The Labute approximate surface area is 135 Å². The zero-order chi connectivity index (χ0) is 16.2. The third-order valence-electron chi connectivity index (χ3n) is 4.72. The number of benzene rings is 1. The molecule has 6 nitrogen and oxygen atoms in total. The summed E-state index contributed by atoms with van der Waals surface area (Å²) in [6, 6.07) is 5.86. The molecule has 1 fully saturated rings. The average Bonchev–Trinajstić information content (AvgIpc) is 3.09. The van der Waals surface area contributed by atoms with Crippen molar-refractivity contribution in [1.82, 2.24) is 9.88 Å². The first-order chi connectivity index (χ1) is 11.2. The van der Waals surface area contributed by atoms with Gasteiger partial charge in [-0.3, -0.25) is 15.1 Å². The Balaban J connectivity index is 1.71. The number of pyridine rings is 1. The molecule has 1 aliphatic rings. The van der Waals surface area contributed by atoms with E-state index in [2.05, 4.69) is 22.2 Å². The summed E-state index contributed by atoms with van der Waals surface area (Å²) in [5.74, 6) is 0. The Hall–Kier alpha value is -2.21. The maximum atomic E-state index is 11.1. The van der Waals surface area contributed by atoms with Gasteiger partial charge in [0.25, 0.3) is 5.69 Å². The van der Waals surface area contributed by atoms with Gasteiger partial charge in [-0.15, -0.1) is 0 Å². The molecule has 1 N–H and O–H groups in total. The average molecular weight is 314 g/mol. The number of hydrogen-bond donors (Lipinski definition) is 1. The monoisotopic (exact) mass is 314 g/mol. The van der Waals surface area contributed by atoms with Crippen LogP contribution in [0.15, 0.2) is 30.6 Å². The summed E-state index contributed by atoms with van der Waals surface area (Å²) in [5, 5.41) is 16.0. The number of nitrogens with one attached hydrogen (secondary N) is 1. The van der Waals surface area contributed by atoms with Gasteiger partial charge >= 0.3 is 0 Å². The van der Waals surface area contributed by atoms with Crippen molar-refractivity contribution in [2.24, 2.45) is 0 Å². The highest BCUT2D eigenvalue weighted by molar-refractivity contribution is 5.99. The summed E-state index contributed by atoms with van der Waals surface area (Å²) in [7, 11) is 2.18. The van der Waals surface area contributed by atoms with Crippen molar-refractivity contribution in [2.75, 3.05) is 25.5 Å². The van der Waals surface area contributed by atoms with Crippen molar-refractivity contribution >= 4 is 22.1 Å². The molecule has 0 spiro atoms. The van der Waals surface area contributed by atoms with Gasteiger partial charge in [-0.2, -0.15) is 0 Å². The van der Waals surface area contributed by atoms with E-state index in [1.807, 2.05) is 6.07 Å². The molecule has 122 valence electrons. The Morgan fingerprint density at radius 2 is 2.09 bits per heavy atom. The van der Waals surface area contributed by atoms with Gasteiger partial charge in [0, 0.05) is 48.7 Å². The fourth-order valence-corrected chi connectivity index (χ4v) is 3.38. The molecule has 0 aliphatic heterocycles. The lowest BCUT2D eigenvalue weighted by Gasteiger charge is -2.24. The molecule has 0 radical (unpaired) electrons. The van der Waals surface area contributed by atoms with Crippen molar-refractivity contribution in [1.29, 1.82) is 0 Å². The highest BCUT2D eigenvalue weighted by atomic mass is 16.6. The van der Waals surface area contributed by atoms with Crippen LogP contribution in [0.2, 0.25) is 0 Å². The van der Waals surface area contributed by atoms with Crippen LogP contribution in [0.1, 0.15) is 25.7 Å². The Bertz CT molecular complexity index is 698. The van der Waals surface area contributed by atoms with Gasteiger partial charge in [-0.1, -0.05) is 12.8 Å². The quantitative estimate of drug-likeness (QED) is 0.653. The molecule has 23 heavy (non-hydrogen) atoms. The molecule has 0 unspecified atom stereocenters. The maximum absolute atomic E-state index is 11.1. The molecular weight excluding hydrogens is 292 g/mol. The number of nitrogens with zero attached hydrogens (tertiary/aromatic N) is 3. The first-order valence-corrected chi connectivity index (χ1v) is 8.12. The number of rotatable bonds is 6. The highest BCUT2D eigenvalue weighted by Crippen LogP contribution is 2.30. The van der Waals surface area contributed by atoms with Crippen molar-refractivity contribution < 1.29 is 4.92 Å². The predicted molar refractivity (Wildman–Crippen MR) is 91.8 cm³/mol. The van der Waals surface area contributed by atoms with E-state index in [0.29, 0.717) is 11.4 Å². The van der Waals surface area contributed by atoms with Gasteiger partial charge in [-0.05, 0) is 32.0 Å². The molecule has 0 atom stereocenters. The molecule has 6 heteroatoms. The van der Waals surface area contributed by atoms with Crippen molar-refractivity contribution in [3.63, 3.8) is 0 Å². The molecule has 0 saturated heterocycles. The van der Waals surface area contributed by atoms with Gasteiger partial charge in [0.2, 0.25) is 0 Å². The van der Waals surface area contributed by atoms with Crippen molar-refractivity contribution in [3.8, 4) is 0 Å². The Morgan fingerprint density at radius 1 is 1.30 bits per heavy atom. The molecule has 1 aliphatic carbocycles. The largest absolute Gasteiger partial charge is 0.383 e. The number of likely N-dealkylation sites (N-methyl/N-ethyl adjacent to an activating group) is 1. The van der Waals surface area contributed by atoms with E-state index >= 15 is 0 Å². The summed E-state index contributed by atoms with van der Waals surface area (Å²) < 4.78 is 0. The van der Waals surface area contributed by atoms with Crippen molar-refractivity contribution in [2.45, 2.75) is 31.7 Å². The van der Waals surface area contributed by atoms with Crippen LogP contribution in [0, 0.1) is 10.1 Å². The minimum Gasteiger partial charge on any atom is -0.383 e. The molecular formula is C17H22N4O2. The van der Waals surface area contributed by atoms with E-state index in [9.17, 15) is 10.1 Å². The standard InChI is InChI=1S/C17H22N4O2/c1-20(13-4-2-3-5-13)11-10-19-16-6-7-17(21(22)23)15-12-18-9-8-14(15)16/h6-9,12-13,19H,2-5,10-11H2,1H3. The predicted octanol–water partition coefficient (Wildman–Crippen LogP) is 3.43. The van der Waals surface area contributed by atoms with Gasteiger partial charge in [0.1, 0.15) is 0 Å². The van der Waals surface area contributed by atoms with Crippen LogP contribution in [0.4, 0.5) is 11.4 Å². The van der Waals surface area contributed by atoms with E-state index in [1.165, 1.54) is 25.7 Å². The zero-order valence-corrected chi connectivity index (χ0v) is 13.4. The number of nitro benzene ring substituents is 1. The van der Waals surface area contributed by atoms with E-state index in [1.54, 1.807) is 24.5 Å². The minimum atomic E-state index is -0.359. The second-order valence-electron chi connectivity index (χ2n) is 6.16. The third kappa shape index (κ3) is 3.42. The zero-order valence-electron chi connectivity index (χ0n) is 13.4. The molecule has 3 rings (SSSR count). The van der Waals surface area contributed by atoms with E-state index < -0.39 is 0 Å². The van der Waals surface area contributed by atoms with Crippen LogP contribution in [0.3, 0.4) is 0 Å². The van der Waals surface area contributed by atoms with Crippen LogP contribution in [-0.4, -0.2) is 41.0 Å². The number of aromatic nitrogens is 1. The van der Waals surface area contributed by atoms with E-state index in [4.69, 9.17) is 0 Å². The fourth-order valence-electron chi connectivity index (χ4n) is 3.38. The van der Waals surface area contributed by atoms with Crippen LogP contribution < -0.4 is 5.32 Å². The van der Waals surface area contributed by atoms with Gasteiger partial charge in [-0.25, -0.2) is 0 Å². The summed E-state index contributed by atoms with van der Waals surface area (Å²) >= 11 is 0. The highest BCUT2D eigenvalue weighted by Gasteiger charge is 2.19. The fraction of sp³-hybridized carbons (Fsp3) is 0.471. The van der Waals surface area contributed by atoms with Crippen LogP contribution in [-0.2, 0) is 0 Å². The number of non-ortho nitro benzene ring substituents is 1. The second kappa shape index (κ2) is 6.91. The maximum Gasteiger partial charge on any atom is 0.278 e. The SMILES string of the molecule is CN(CCNc1ccc([N+](=O)[O-])c2cnccc12)C1CCCC1. The normalized spacial score (nSPS) is 15.4. The lowest BCUT2D eigenvalue weighted by atomic mass is 10.1. The first-order valence-electron chi connectivity index (χ1n) is 8.12. The van der Waals surface area contributed by atoms with Gasteiger partial charge in [0.05, 0.1) is 10.3 Å². The number of hydrogen-bond acceptors (Lipinski definition) is 5. The van der Waals surface area contributed by atoms with Gasteiger partial charge in [0.15, 0.2) is 0 Å². The Kier molecular flexibility index (Phi) is 4.71. The summed E-state index contributed by atoms with van der Waals surface area (Å²) in [5.41, 5.74) is 1.02. The summed E-state index contributed by atoms with van der Waals surface area (Å²) in [6.07, 6.45) is 8.49. The number of nitro groups is 1. The topological polar surface area (TPSA) is 71.3 Å². The molecule has 2 aromatic rings. The summed E-state index contributed by atoms with van der Waals surface area (Å²) in [4.78, 5) is 17.2. The molecule has 1 aromatic carbocycles. The van der Waals surface area contributed by atoms with E-state index in [0.717, 1.165) is 24.2 Å². The minimum absolute atomic E-state index is 0.0988. The second-order valence-corrected chi connectivity index (χ2v) is 6.16. The Morgan fingerprint density at radius 3 is 2.83 bits per heavy atom. The summed E-state index contributed by atoms with van der Waals surface area (Å²) in [6.45, 7) is 1.79. The lowest BCUT2D eigenvalue weighted by molar-refractivity contribution is -0.383. The number of fused-ring (bicyclic) bond motifs is 1. The van der Waals surface area contributed by atoms with Crippen LogP contribution in [0.25, 0.3) is 10.8 Å². The number of anilines is 1. The lowest BCUT2D eigenvalue weighted by Crippen LogP contribution is -2.33. The molecule has 1 saturated carbocycles. The molecule has 1 heterocycles.